The smallest absolute Gasteiger partial charge is 0.0594 e. The third-order valence-corrected chi connectivity index (χ3v) is 4.65. The lowest BCUT2D eigenvalue weighted by molar-refractivity contribution is 0.0398. The van der Waals surface area contributed by atoms with Crippen LogP contribution in [0.2, 0.25) is 0 Å². The average Bonchev–Trinajstić information content (AvgIpc) is 2.93. The van der Waals surface area contributed by atoms with Gasteiger partial charge < -0.3 is 10.1 Å². The van der Waals surface area contributed by atoms with Gasteiger partial charge in [-0.3, -0.25) is 4.90 Å². The minimum atomic E-state index is 0.872. The van der Waals surface area contributed by atoms with Gasteiger partial charge in [0.2, 0.25) is 0 Å². The number of morpholine rings is 1. The molecule has 2 aliphatic rings. The normalized spacial score (nSPS) is 17.1. The summed E-state index contributed by atoms with van der Waals surface area (Å²) < 4.78 is 5.38. The van der Waals surface area contributed by atoms with Gasteiger partial charge in [0.15, 0.2) is 0 Å². The molecule has 0 radical (unpaired) electrons. The van der Waals surface area contributed by atoms with E-state index in [1.54, 1.807) is 0 Å². The van der Waals surface area contributed by atoms with Crippen LogP contribution in [-0.2, 0) is 11.2 Å². The molecule has 1 N–H and O–H groups in total. The lowest BCUT2D eigenvalue weighted by Gasteiger charge is -2.26. The first-order valence-electron chi connectivity index (χ1n) is 8.15. The Morgan fingerprint density at radius 2 is 1.77 bits per heavy atom. The molecule has 2 aromatic carbocycles. The van der Waals surface area contributed by atoms with Crippen molar-refractivity contribution in [3.05, 3.63) is 53.6 Å². The van der Waals surface area contributed by atoms with E-state index in [1.807, 2.05) is 0 Å². The van der Waals surface area contributed by atoms with E-state index in [-0.39, 0.29) is 0 Å². The Morgan fingerprint density at radius 3 is 2.68 bits per heavy atom. The fraction of sp³-hybridized carbons (Fsp3) is 0.368. The summed E-state index contributed by atoms with van der Waals surface area (Å²) in [5.74, 6) is 0. The topological polar surface area (TPSA) is 24.5 Å². The first-order valence-corrected chi connectivity index (χ1v) is 8.15. The van der Waals surface area contributed by atoms with Crippen LogP contribution in [0.4, 0.5) is 5.69 Å². The molecule has 0 atom stereocenters. The number of hydrogen-bond acceptors (Lipinski definition) is 3. The van der Waals surface area contributed by atoms with Crippen LogP contribution in [0.25, 0.3) is 11.1 Å². The Labute approximate surface area is 131 Å². The Balaban J connectivity index is 1.39. The van der Waals surface area contributed by atoms with E-state index in [1.165, 1.54) is 27.9 Å². The average molecular weight is 294 g/mol. The Bertz CT molecular complexity index is 662. The van der Waals surface area contributed by atoms with E-state index < -0.39 is 0 Å². The molecule has 3 nitrogen and oxygen atoms in total. The fourth-order valence-corrected chi connectivity index (χ4v) is 3.44. The fourth-order valence-electron chi connectivity index (χ4n) is 3.44. The van der Waals surface area contributed by atoms with Gasteiger partial charge in [0.25, 0.3) is 0 Å². The van der Waals surface area contributed by atoms with Crippen molar-refractivity contribution < 1.29 is 4.74 Å². The number of hydrogen-bond donors (Lipinski definition) is 1. The van der Waals surface area contributed by atoms with Crippen molar-refractivity contribution >= 4 is 5.69 Å². The van der Waals surface area contributed by atoms with Gasteiger partial charge in [0.05, 0.1) is 13.2 Å². The molecule has 1 aliphatic heterocycles. The van der Waals surface area contributed by atoms with Crippen molar-refractivity contribution in [1.29, 1.82) is 0 Å². The third kappa shape index (κ3) is 2.74. The number of fused-ring (bicyclic) bond motifs is 3. The highest BCUT2D eigenvalue weighted by atomic mass is 16.5. The predicted octanol–water partition coefficient (Wildman–Crippen LogP) is 3.00. The number of ether oxygens (including phenoxy) is 1. The molecule has 0 saturated carbocycles. The second-order valence-corrected chi connectivity index (χ2v) is 6.09. The van der Waals surface area contributed by atoms with Gasteiger partial charge in [-0.25, -0.2) is 0 Å². The lowest BCUT2D eigenvalue weighted by atomic mass is 10.1. The summed E-state index contributed by atoms with van der Waals surface area (Å²) in [7, 11) is 0. The maximum Gasteiger partial charge on any atom is 0.0594 e. The summed E-state index contributed by atoms with van der Waals surface area (Å²) in [6, 6.07) is 15.5. The highest BCUT2D eigenvalue weighted by Crippen LogP contribution is 2.37. The number of benzene rings is 2. The van der Waals surface area contributed by atoms with Gasteiger partial charge in [-0.15, -0.1) is 0 Å². The number of anilines is 1. The minimum absolute atomic E-state index is 0.872. The maximum atomic E-state index is 5.38. The second-order valence-electron chi connectivity index (χ2n) is 6.09. The van der Waals surface area contributed by atoms with Crippen LogP contribution in [-0.4, -0.2) is 44.3 Å². The van der Waals surface area contributed by atoms with Crippen molar-refractivity contribution in [1.82, 2.24) is 4.90 Å². The molecule has 1 heterocycles. The number of nitrogens with one attached hydrogen (secondary N) is 1. The van der Waals surface area contributed by atoms with E-state index in [4.69, 9.17) is 4.74 Å². The van der Waals surface area contributed by atoms with Crippen molar-refractivity contribution in [3.8, 4) is 11.1 Å². The Morgan fingerprint density at radius 1 is 0.955 bits per heavy atom. The second kappa shape index (κ2) is 6.11. The molecule has 0 aromatic heterocycles. The van der Waals surface area contributed by atoms with Crippen molar-refractivity contribution in [2.75, 3.05) is 44.7 Å². The van der Waals surface area contributed by atoms with E-state index >= 15 is 0 Å². The Hall–Kier alpha value is -1.84. The molecule has 114 valence electrons. The molecule has 0 unspecified atom stereocenters. The van der Waals surface area contributed by atoms with E-state index in [9.17, 15) is 0 Å². The zero-order valence-electron chi connectivity index (χ0n) is 12.8. The maximum absolute atomic E-state index is 5.38. The quantitative estimate of drug-likeness (QED) is 0.800. The predicted molar refractivity (Wildman–Crippen MR) is 90.4 cm³/mol. The standard InChI is InChI=1S/C19H22N2O/c1-2-4-18-15(3-1)13-16-14-17(5-6-19(16)18)20-7-8-21-9-11-22-12-10-21/h1-6,14,20H,7-13H2. The summed E-state index contributed by atoms with van der Waals surface area (Å²) in [6.45, 7) is 5.93. The molecule has 1 saturated heterocycles. The highest BCUT2D eigenvalue weighted by Gasteiger charge is 2.17. The molecule has 1 aliphatic carbocycles. The summed E-state index contributed by atoms with van der Waals surface area (Å²) in [6.07, 6.45) is 1.06. The molecule has 0 bridgehead atoms. The molecule has 4 rings (SSSR count). The monoisotopic (exact) mass is 294 g/mol. The molecule has 3 heteroatoms. The van der Waals surface area contributed by atoms with E-state index in [0.717, 1.165) is 45.8 Å². The number of nitrogens with zero attached hydrogens (tertiary/aromatic N) is 1. The molecule has 0 spiro atoms. The molecular weight excluding hydrogens is 272 g/mol. The molecular formula is C19H22N2O. The van der Waals surface area contributed by atoms with Crippen LogP contribution in [0.15, 0.2) is 42.5 Å². The Kier molecular flexibility index (Phi) is 3.83. The minimum Gasteiger partial charge on any atom is -0.384 e. The van der Waals surface area contributed by atoms with Gasteiger partial charge in [0.1, 0.15) is 0 Å². The first-order chi connectivity index (χ1) is 10.9. The zero-order valence-corrected chi connectivity index (χ0v) is 12.8. The van der Waals surface area contributed by atoms with Gasteiger partial charge >= 0.3 is 0 Å². The summed E-state index contributed by atoms with van der Waals surface area (Å²) >= 11 is 0. The summed E-state index contributed by atoms with van der Waals surface area (Å²) in [5, 5.41) is 3.57. The summed E-state index contributed by atoms with van der Waals surface area (Å²) in [4.78, 5) is 2.46. The molecule has 22 heavy (non-hydrogen) atoms. The van der Waals surface area contributed by atoms with Crippen molar-refractivity contribution in [3.63, 3.8) is 0 Å². The van der Waals surface area contributed by atoms with Crippen LogP contribution in [0, 0.1) is 0 Å². The SMILES string of the molecule is c1ccc2c(c1)Cc1cc(NCCN3CCOCC3)ccc1-2. The lowest BCUT2D eigenvalue weighted by Crippen LogP contribution is -2.39. The zero-order chi connectivity index (χ0) is 14.8. The molecule has 0 amide bonds. The van der Waals surface area contributed by atoms with Crippen LogP contribution < -0.4 is 5.32 Å². The molecule has 1 fully saturated rings. The van der Waals surface area contributed by atoms with Gasteiger partial charge in [-0.1, -0.05) is 30.3 Å². The highest BCUT2D eigenvalue weighted by molar-refractivity contribution is 5.78. The van der Waals surface area contributed by atoms with Gasteiger partial charge in [0, 0.05) is 31.9 Å². The van der Waals surface area contributed by atoms with Crippen LogP contribution in [0.3, 0.4) is 0 Å². The van der Waals surface area contributed by atoms with E-state index in [0.29, 0.717) is 0 Å². The molecule has 2 aromatic rings. The van der Waals surface area contributed by atoms with Crippen LogP contribution in [0.5, 0.6) is 0 Å². The van der Waals surface area contributed by atoms with Crippen LogP contribution >= 0.6 is 0 Å². The largest absolute Gasteiger partial charge is 0.384 e. The van der Waals surface area contributed by atoms with E-state index in [2.05, 4.69) is 52.7 Å². The summed E-state index contributed by atoms with van der Waals surface area (Å²) in [5.41, 5.74) is 6.92. The van der Waals surface area contributed by atoms with Gasteiger partial charge in [-0.05, 0) is 40.8 Å². The first kappa shape index (κ1) is 13.8. The third-order valence-electron chi connectivity index (χ3n) is 4.65. The van der Waals surface area contributed by atoms with Gasteiger partial charge in [-0.2, -0.15) is 0 Å². The van der Waals surface area contributed by atoms with Crippen LogP contribution in [0.1, 0.15) is 11.1 Å². The van der Waals surface area contributed by atoms with Crippen molar-refractivity contribution in [2.45, 2.75) is 6.42 Å². The van der Waals surface area contributed by atoms with Crippen molar-refractivity contribution in [2.24, 2.45) is 0 Å². The number of rotatable bonds is 4.